The van der Waals surface area contributed by atoms with Crippen LogP contribution in [-0.2, 0) is 6.42 Å². The molecule has 0 spiro atoms. The van der Waals surface area contributed by atoms with Crippen LogP contribution in [0, 0.1) is 11.7 Å². The second-order valence-corrected chi connectivity index (χ2v) is 6.08. The molecule has 106 valence electrons. The third-order valence-electron chi connectivity index (χ3n) is 3.97. The third-order valence-corrected chi connectivity index (χ3v) is 3.97. The Bertz CT molecular complexity index is 403. The maximum Gasteiger partial charge on any atom is 0.123 e. The number of hydrogen-bond acceptors (Lipinski definition) is 2. The summed E-state index contributed by atoms with van der Waals surface area (Å²) in [5.74, 6) is 0.805. The summed E-state index contributed by atoms with van der Waals surface area (Å²) in [5.41, 5.74) is 6.75. The lowest BCUT2D eigenvalue weighted by Gasteiger charge is -2.30. The minimum absolute atomic E-state index is 0.142. The van der Waals surface area contributed by atoms with Gasteiger partial charge in [0.2, 0.25) is 0 Å². The summed E-state index contributed by atoms with van der Waals surface area (Å²) in [6, 6.07) is 6.80. The minimum atomic E-state index is -0.175. The predicted molar refractivity (Wildman–Crippen MR) is 77.5 cm³/mol. The van der Waals surface area contributed by atoms with Crippen LogP contribution in [0.4, 0.5) is 4.39 Å². The van der Waals surface area contributed by atoms with E-state index in [1.54, 1.807) is 12.1 Å². The van der Waals surface area contributed by atoms with E-state index in [1.165, 1.54) is 31.7 Å². The molecule has 0 aliphatic heterocycles. The van der Waals surface area contributed by atoms with E-state index in [1.807, 2.05) is 6.07 Å². The Kier molecular flexibility index (Phi) is 4.94. The second-order valence-electron chi connectivity index (χ2n) is 6.08. The van der Waals surface area contributed by atoms with Gasteiger partial charge in [-0.05, 0) is 56.3 Å². The number of nitrogens with one attached hydrogen (secondary N) is 1. The van der Waals surface area contributed by atoms with Gasteiger partial charge in [-0.25, -0.2) is 4.39 Å². The summed E-state index contributed by atoms with van der Waals surface area (Å²) in [6.07, 6.45) is 6.14. The Labute approximate surface area is 115 Å². The van der Waals surface area contributed by atoms with Crippen LogP contribution in [0.2, 0.25) is 0 Å². The van der Waals surface area contributed by atoms with E-state index in [9.17, 15) is 4.39 Å². The molecule has 1 unspecified atom stereocenters. The van der Waals surface area contributed by atoms with Gasteiger partial charge in [0.25, 0.3) is 0 Å². The molecule has 19 heavy (non-hydrogen) atoms. The molecule has 1 saturated carbocycles. The zero-order valence-corrected chi connectivity index (χ0v) is 11.8. The molecule has 1 aromatic rings. The van der Waals surface area contributed by atoms with Crippen molar-refractivity contribution in [1.29, 1.82) is 0 Å². The van der Waals surface area contributed by atoms with E-state index in [-0.39, 0.29) is 11.4 Å². The van der Waals surface area contributed by atoms with Crippen molar-refractivity contribution in [1.82, 2.24) is 5.32 Å². The highest BCUT2D eigenvalue weighted by atomic mass is 19.1. The van der Waals surface area contributed by atoms with Crippen LogP contribution in [0.1, 0.15) is 38.2 Å². The molecular formula is C16H25FN2. The van der Waals surface area contributed by atoms with E-state index >= 15 is 0 Å². The zero-order valence-electron chi connectivity index (χ0n) is 11.8. The highest BCUT2D eigenvalue weighted by Crippen LogP contribution is 2.33. The van der Waals surface area contributed by atoms with Gasteiger partial charge >= 0.3 is 0 Å². The topological polar surface area (TPSA) is 38.0 Å². The fraction of sp³-hybridized carbons (Fsp3) is 0.625. The van der Waals surface area contributed by atoms with Crippen LogP contribution in [0.15, 0.2) is 24.3 Å². The van der Waals surface area contributed by atoms with Crippen LogP contribution >= 0.6 is 0 Å². The average Bonchev–Trinajstić information content (AvgIpc) is 3.19. The number of benzene rings is 1. The van der Waals surface area contributed by atoms with E-state index < -0.39 is 0 Å². The average molecular weight is 264 g/mol. The van der Waals surface area contributed by atoms with Crippen molar-refractivity contribution in [2.24, 2.45) is 11.7 Å². The van der Waals surface area contributed by atoms with Gasteiger partial charge in [0.15, 0.2) is 0 Å². The van der Waals surface area contributed by atoms with Crippen molar-refractivity contribution in [3.8, 4) is 0 Å². The van der Waals surface area contributed by atoms with Crippen LogP contribution in [0.25, 0.3) is 0 Å². The Morgan fingerprint density at radius 2 is 2.21 bits per heavy atom. The molecule has 0 bridgehead atoms. The van der Waals surface area contributed by atoms with Gasteiger partial charge in [0.05, 0.1) is 0 Å². The first-order chi connectivity index (χ1) is 9.11. The van der Waals surface area contributed by atoms with Crippen LogP contribution in [0.3, 0.4) is 0 Å². The fourth-order valence-electron chi connectivity index (χ4n) is 2.49. The number of rotatable bonds is 8. The number of halogens is 1. The molecule has 1 fully saturated rings. The molecule has 0 saturated heterocycles. The molecule has 0 aromatic heterocycles. The molecule has 1 aromatic carbocycles. The first kappa shape index (κ1) is 14.5. The predicted octanol–water partition coefficient (Wildman–Crippen LogP) is 2.87. The summed E-state index contributed by atoms with van der Waals surface area (Å²) in [4.78, 5) is 0. The van der Waals surface area contributed by atoms with Crippen LogP contribution < -0.4 is 11.1 Å². The van der Waals surface area contributed by atoms with E-state index in [0.717, 1.165) is 24.4 Å². The van der Waals surface area contributed by atoms with E-state index in [2.05, 4.69) is 12.2 Å². The first-order valence-electron chi connectivity index (χ1n) is 7.31. The maximum atomic E-state index is 13.2. The van der Waals surface area contributed by atoms with Gasteiger partial charge in [-0.1, -0.05) is 25.0 Å². The number of hydrogen-bond donors (Lipinski definition) is 2. The summed E-state index contributed by atoms with van der Waals surface area (Å²) in [5, 5.41) is 3.55. The maximum absolute atomic E-state index is 13.2. The molecule has 3 N–H and O–H groups in total. The first-order valence-corrected chi connectivity index (χ1v) is 7.31. The Morgan fingerprint density at radius 1 is 1.42 bits per heavy atom. The van der Waals surface area contributed by atoms with Crippen molar-refractivity contribution in [2.45, 2.75) is 44.6 Å². The molecular weight excluding hydrogens is 239 g/mol. The van der Waals surface area contributed by atoms with E-state index in [4.69, 9.17) is 5.73 Å². The monoisotopic (exact) mass is 264 g/mol. The lowest BCUT2D eigenvalue weighted by molar-refractivity contribution is 0.355. The molecule has 2 nitrogen and oxygen atoms in total. The minimum Gasteiger partial charge on any atom is -0.329 e. The van der Waals surface area contributed by atoms with Crippen molar-refractivity contribution >= 4 is 0 Å². The lowest BCUT2D eigenvalue weighted by atomic mass is 9.92. The Morgan fingerprint density at radius 3 is 2.84 bits per heavy atom. The summed E-state index contributed by atoms with van der Waals surface area (Å²) in [6.45, 7) is 3.68. The highest BCUT2D eigenvalue weighted by Gasteiger charge is 2.24. The Hall–Kier alpha value is -0.930. The van der Waals surface area contributed by atoms with Gasteiger partial charge in [0, 0.05) is 12.1 Å². The van der Waals surface area contributed by atoms with Crippen molar-refractivity contribution < 1.29 is 4.39 Å². The molecule has 0 radical (unpaired) electrons. The second kappa shape index (κ2) is 6.49. The lowest BCUT2D eigenvalue weighted by Crippen LogP contribution is -2.50. The zero-order chi connectivity index (χ0) is 13.7. The van der Waals surface area contributed by atoms with Crippen LogP contribution in [0.5, 0.6) is 0 Å². The van der Waals surface area contributed by atoms with Gasteiger partial charge in [-0.3, -0.25) is 0 Å². The summed E-state index contributed by atoms with van der Waals surface area (Å²) in [7, 11) is 0. The normalized spacial score (nSPS) is 18.3. The van der Waals surface area contributed by atoms with Gasteiger partial charge in [-0.15, -0.1) is 0 Å². The molecule has 1 aliphatic carbocycles. The molecule has 2 rings (SSSR count). The Balaban J connectivity index is 1.81. The molecule has 3 heteroatoms. The summed E-state index contributed by atoms with van der Waals surface area (Å²) < 4.78 is 13.2. The quantitative estimate of drug-likeness (QED) is 0.709. The third kappa shape index (κ3) is 4.92. The molecule has 1 atom stereocenters. The largest absolute Gasteiger partial charge is 0.329 e. The fourth-order valence-corrected chi connectivity index (χ4v) is 2.49. The smallest absolute Gasteiger partial charge is 0.123 e. The van der Waals surface area contributed by atoms with Crippen molar-refractivity contribution in [3.63, 3.8) is 0 Å². The highest BCUT2D eigenvalue weighted by molar-refractivity contribution is 5.19. The molecule has 0 heterocycles. The SMILES string of the molecule is CC(CN)(Cc1cccc(F)c1)NCCCC1CC1. The van der Waals surface area contributed by atoms with Crippen LogP contribution in [-0.4, -0.2) is 18.6 Å². The van der Waals surface area contributed by atoms with Crippen molar-refractivity contribution in [3.05, 3.63) is 35.6 Å². The standard InChI is InChI=1S/C16H25FN2/c1-16(12-18,19-9-3-5-13-7-8-13)11-14-4-2-6-15(17)10-14/h2,4,6,10,13,19H,3,5,7-9,11-12,18H2,1H3. The van der Waals surface area contributed by atoms with Gasteiger partial charge in [-0.2, -0.15) is 0 Å². The van der Waals surface area contributed by atoms with Crippen molar-refractivity contribution in [2.75, 3.05) is 13.1 Å². The molecule has 1 aliphatic rings. The number of nitrogens with two attached hydrogens (primary N) is 1. The van der Waals surface area contributed by atoms with Gasteiger partial charge < -0.3 is 11.1 Å². The van der Waals surface area contributed by atoms with Gasteiger partial charge in [0.1, 0.15) is 5.82 Å². The molecule has 0 amide bonds. The summed E-state index contributed by atoms with van der Waals surface area (Å²) >= 11 is 0. The van der Waals surface area contributed by atoms with E-state index in [0.29, 0.717) is 6.54 Å².